The second kappa shape index (κ2) is 5.88. The number of hydrogen-bond donors (Lipinski definition) is 1. The van der Waals surface area contributed by atoms with Crippen molar-refractivity contribution >= 4 is 11.6 Å². The number of halogens is 3. The summed E-state index contributed by atoms with van der Waals surface area (Å²) in [6.07, 6.45) is 1.29. The highest BCUT2D eigenvalue weighted by molar-refractivity contribution is 6.30. The lowest BCUT2D eigenvalue weighted by atomic mass is 10.1. The largest absolute Gasteiger partial charge is 0.435 e. The van der Waals surface area contributed by atoms with Gasteiger partial charge in [0.25, 0.3) is 0 Å². The SMILES string of the molecule is NCCCc1cc(Cl)ccc1OC(F)F. The molecule has 0 heterocycles. The van der Waals surface area contributed by atoms with Crippen LogP contribution >= 0.6 is 11.6 Å². The first kappa shape index (κ1) is 12.2. The van der Waals surface area contributed by atoms with Crippen molar-refractivity contribution in [1.82, 2.24) is 0 Å². The van der Waals surface area contributed by atoms with Crippen LogP contribution in [-0.4, -0.2) is 13.2 Å². The molecular weight excluding hydrogens is 224 g/mol. The molecule has 0 aromatic heterocycles. The Balaban J connectivity index is 2.82. The summed E-state index contributed by atoms with van der Waals surface area (Å²) in [5.74, 6) is 0.169. The zero-order valence-electron chi connectivity index (χ0n) is 8.05. The highest BCUT2D eigenvalue weighted by Crippen LogP contribution is 2.25. The maximum atomic E-state index is 12.0. The summed E-state index contributed by atoms with van der Waals surface area (Å²) in [6.45, 7) is -2.32. The molecule has 0 radical (unpaired) electrons. The molecule has 1 aromatic rings. The molecule has 5 heteroatoms. The quantitative estimate of drug-likeness (QED) is 0.852. The predicted molar refractivity (Wildman–Crippen MR) is 55.5 cm³/mol. The summed E-state index contributed by atoms with van der Waals surface area (Å²) in [5, 5.41) is 0.503. The maximum absolute atomic E-state index is 12.0. The normalized spacial score (nSPS) is 10.7. The lowest BCUT2D eigenvalue weighted by Crippen LogP contribution is -2.06. The third-order valence-electron chi connectivity index (χ3n) is 1.89. The Morgan fingerprint density at radius 3 is 2.73 bits per heavy atom. The van der Waals surface area contributed by atoms with E-state index in [-0.39, 0.29) is 5.75 Å². The molecule has 15 heavy (non-hydrogen) atoms. The summed E-state index contributed by atoms with van der Waals surface area (Å²) < 4.78 is 28.5. The fraction of sp³-hybridized carbons (Fsp3) is 0.400. The average molecular weight is 236 g/mol. The van der Waals surface area contributed by atoms with Gasteiger partial charge >= 0.3 is 6.61 Å². The average Bonchev–Trinajstić information content (AvgIpc) is 2.18. The minimum absolute atomic E-state index is 0.169. The Bertz CT molecular complexity index is 320. The number of rotatable bonds is 5. The summed E-state index contributed by atoms with van der Waals surface area (Å²) in [7, 11) is 0. The van der Waals surface area contributed by atoms with E-state index in [4.69, 9.17) is 17.3 Å². The van der Waals surface area contributed by atoms with E-state index >= 15 is 0 Å². The van der Waals surface area contributed by atoms with Crippen molar-refractivity contribution < 1.29 is 13.5 Å². The molecule has 0 aliphatic carbocycles. The van der Waals surface area contributed by atoms with E-state index in [9.17, 15) is 8.78 Å². The zero-order valence-corrected chi connectivity index (χ0v) is 8.81. The second-order valence-electron chi connectivity index (χ2n) is 3.02. The molecule has 1 aromatic carbocycles. The van der Waals surface area contributed by atoms with E-state index < -0.39 is 6.61 Å². The van der Waals surface area contributed by atoms with E-state index in [0.29, 0.717) is 30.0 Å². The van der Waals surface area contributed by atoms with Crippen LogP contribution in [0.2, 0.25) is 5.02 Å². The Hall–Kier alpha value is -0.870. The van der Waals surface area contributed by atoms with Gasteiger partial charge in [0.15, 0.2) is 0 Å². The van der Waals surface area contributed by atoms with Crippen LogP contribution < -0.4 is 10.5 Å². The molecule has 84 valence electrons. The zero-order chi connectivity index (χ0) is 11.3. The molecule has 2 nitrogen and oxygen atoms in total. The van der Waals surface area contributed by atoms with Crippen LogP contribution in [-0.2, 0) is 6.42 Å². The van der Waals surface area contributed by atoms with Gasteiger partial charge in [-0.25, -0.2) is 0 Å². The molecular formula is C10H12ClF2NO. The van der Waals surface area contributed by atoms with Gasteiger partial charge < -0.3 is 10.5 Å². The Labute approximate surface area is 92.0 Å². The third-order valence-corrected chi connectivity index (χ3v) is 2.12. The molecule has 0 spiro atoms. The van der Waals surface area contributed by atoms with Gasteiger partial charge in [0.1, 0.15) is 5.75 Å². The Kier molecular flexibility index (Phi) is 4.78. The first-order chi connectivity index (χ1) is 7.13. The van der Waals surface area contributed by atoms with Crippen molar-refractivity contribution in [2.75, 3.05) is 6.54 Å². The number of nitrogens with two attached hydrogens (primary N) is 1. The number of alkyl halides is 2. The molecule has 0 amide bonds. The molecule has 0 unspecified atom stereocenters. The van der Waals surface area contributed by atoms with Crippen LogP contribution in [0.3, 0.4) is 0 Å². The van der Waals surface area contributed by atoms with Crippen LogP contribution in [0.1, 0.15) is 12.0 Å². The van der Waals surface area contributed by atoms with Crippen LogP contribution in [0.5, 0.6) is 5.75 Å². The fourth-order valence-electron chi connectivity index (χ4n) is 1.25. The van der Waals surface area contributed by atoms with Gasteiger partial charge in [-0.15, -0.1) is 0 Å². The molecule has 0 fully saturated rings. The van der Waals surface area contributed by atoms with Crippen molar-refractivity contribution in [3.63, 3.8) is 0 Å². The first-order valence-corrected chi connectivity index (χ1v) is 4.94. The second-order valence-corrected chi connectivity index (χ2v) is 3.46. The van der Waals surface area contributed by atoms with E-state index in [2.05, 4.69) is 4.74 Å². The van der Waals surface area contributed by atoms with Crippen molar-refractivity contribution in [2.24, 2.45) is 5.73 Å². The van der Waals surface area contributed by atoms with Gasteiger partial charge in [0.2, 0.25) is 0 Å². The summed E-state index contributed by atoms with van der Waals surface area (Å²) in [6, 6.07) is 4.58. The van der Waals surface area contributed by atoms with Crippen molar-refractivity contribution in [1.29, 1.82) is 0 Å². The van der Waals surface area contributed by atoms with Crippen LogP contribution in [0.15, 0.2) is 18.2 Å². The third kappa shape index (κ3) is 4.01. The standard InChI is InChI=1S/C10H12ClF2NO/c11-8-3-4-9(15-10(12)13)7(6-8)2-1-5-14/h3-4,6,10H,1-2,5,14H2. The smallest absolute Gasteiger partial charge is 0.387 e. The topological polar surface area (TPSA) is 35.2 Å². The summed E-state index contributed by atoms with van der Waals surface area (Å²) in [4.78, 5) is 0. The van der Waals surface area contributed by atoms with Gasteiger partial charge in [0.05, 0.1) is 0 Å². The highest BCUT2D eigenvalue weighted by Gasteiger charge is 2.09. The fourth-order valence-corrected chi connectivity index (χ4v) is 1.44. The summed E-state index contributed by atoms with van der Waals surface area (Å²) in [5.41, 5.74) is 6.00. The van der Waals surface area contributed by atoms with Crippen molar-refractivity contribution in [2.45, 2.75) is 19.5 Å². The lowest BCUT2D eigenvalue weighted by Gasteiger charge is -2.10. The van der Waals surface area contributed by atoms with E-state index in [0.717, 1.165) is 0 Å². The molecule has 2 N–H and O–H groups in total. The van der Waals surface area contributed by atoms with Gasteiger partial charge in [-0.2, -0.15) is 8.78 Å². The van der Waals surface area contributed by atoms with Crippen molar-refractivity contribution in [3.05, 3.63) is 28.8 Å². The molecule has 0 bridgehead atoms. The van der Waals surface area contributed by atoms with Crippen LogP contribution in [0.25, 0.3) is 0 Å². The Morgan fingerprint density at radius 1 is 1.40 bits per heavy atom. The van der Waals surface area contributed by atoms with Crippen LogP contribution in [0, 0.1) is 0 Å². The molecule has 0 saturated carbocycles. The van der Waals surface area contributed by atoms with Gasteiger partial charge in [0, 0.05) is 5.02 Å². The lowest BCUT2D eigenvalue weighted by molar-refractivity contribution is -0.0504. The molecule has 0 aliphatic rings. The number of benzene rings is 1. The Morgan fingerprint density at radius 2 is 2.13 bits per heavy atom. The predicted octanol–water partition coefficient (Wildman–Crippen LogP) is 2.83. The highest BCUT2D eigenvalue weighted by atomic mass is 35.5. The van der Waals surface area contributed by atoms with Gasteiger partial charge in [-0.05, 0) is 43.1 Å². The van der Waals surface area contributed by atoms with Gasteiger partial charge in [-0.3, -0.25) is 0 Å². The summed E-state index contributed by atoms with van der Waals surface area (Å²) >= 11 is 5.76. The monoisotopic (exact) mass is 235 g/mol. The molecule has 1 rings (SSSR count). The van der Waals surface area contributed by atoms with E-state index in [1.807, 2.05) is 0 Å². The molecule has 0 saturated heterocycles. The van der Waals surface area contributed by atoms with E-state index in [1.165, 1.54) is 12.1 Å². The van der Waals surface area contributed by atoms with Gasteiger partial charge in [-0.1, -0.05) is 11.6 Å². The number of aryl methyl sites for hydroxylation is 1. The van der Waals surface area contributed by atoms with Crippen molar-refractivity contribution in [3.8, 4) is 5.75 Å². The minimum atomic E-state index is -2.82. The maximum Gasteiger partial charge on any atom is 0.387 e. The minimum Gasteiger partial charge on any atom is -0.435 e. The van der Waals surface area contributed by atoms with Crippen LogP contribution in [0.4, 0.5) is 8.78 Å². The first-order valence-electron chi connectivity index (χ1n) is 4.57. The number of hydrogen-bond acceptors (Lipinski definition) is 2. The van der Waals surface area contributed by atoms with E-state index in [1.54, 1.807) is 6.07 Å². The molecule has 0 atom stereocenters. The number of ether oxygens (including phenoxy) is 1. The molecule has 0 aliphatic heterocycles.